The minimum atomic E-state index is -1.02. The van der Waals surface area contributed by atoms with Crippen LogP contribution in [0.1, 0.15) is 19.8 Å². The Hall–Kier alpha value is -1.35. The van der Waals surface area contributed by atoms with Crippen LogP contribution in [-0.4, -0.2) is 53.1 Å². The highest BCUT2D eigenvalue weighted by molar-refractivity contribution is 7.98. The molecule has 0 bridgehead atoms. The van der Waals surface area contributed by atoms with E-state index in [0.29, 0.717) is 18.7 Å². The Morgan fingerprint density at radius 2 is 2.22 bits per heavy atom. The predicted molar refractivity (Wildman–Crippen MR) is 73.7 cm³/mol. The van der Waals surface area contributed by atoms with Gasteiger partial charge < -0.3 is 15.3 Å². The number of carbonyl (C=O) groups excluding carboxylic acids is 1. The van der Waals surface area contributed by atoms with Gasteiger partial charge in [-0.15, -0.1) is 6.42 Å². The fraction of sp³-hybridized carbons (Fsp3) is 0.667. The van der Waals surface area contributed by atoms with Gasteiger partial charge in [-0.1, -0.05) is 12.8 Å². The third-order valence-corrected chi connectivity index (χ3v) is 2.91. The summed E-state index contributed by atoms with van der Waals surface area (Å²) in [5.41, 5.74) is 0. The molecule has 2 N–H and O–H groups in total. The van der Waals surface area contributed by atoms with Crippen molar-refractivity contribution in [3.05, 3.63) is 0 Å². The van der Waals surface area contributed by atoms with Gasteiger partial charge in [0.2, 0.25) is 0 Å². The number of hydrogen-bond donors (Lipinski definition) is 2. The summed E-state index contributed by atoms with van der Waals surface area (Å²) >= 11 is 1.54. The highest BCUT2D eigenvalue weighted by atomic mass is 32.2. The highest BCUT2D eigenvalue weighted by Crippen LogP contribution is 2.02. The first-order valence-corrected chi connectivity index (χ1v) is 7.16. The fourth-order valence-corrected chi connectivity index (χ4v) is 1.84. The molecule has 0 aromatic rings. The van der Waals surface area contributed by atoms with Crippen LogP contribution in [0.25, 0.3) is 0 Å². The van der Waals surface area contributed by atoms with Crippen molar-refractivity contribution < 1.29 is 14.7 Å². The number of thioether (sulfide) groups is 1. The molecule has 0 spiro atoms. The van der Waals surface area contributed by atoms with Crippen LogP contribution >= 0.6 is 11.8 Å². The number of carboxylic acids is 1. The van der Waals surface area contributed by atoms with E-state index in [0.717, 1.165) is 6.42 Å². The third kappa shape index (κ3) is 6.40. The van der Waals surface area contributed by atoms with Gasteiger partial charge in [-0.2, -0.15) is 11.8 Å². The Bertz CT molecular complexity index is 315. The summed E-state index contributed by atoms with van der Waals surface area (Å²) in [5.74, 6) is 2.05. The zero-order valence-corrected chi connectivity index (χ0v) is 11.6. The fourth-order valence-electron chi connectivity index (χ4n) is 1.37. The number of hydrogen-bond acceptors (Lipinski definition) is 3. The molecule has 6 heteroatoms. The van der Waals surface area contributed by atoms with Gasteiger partial charge in [0, 0.05) is 6.54 Å². The summed E-state index contributed by atoms with van der Waals surface area (Å²) in [4.78, 5) is 24.3. The van der Waals surface area contributed by atoms with Crippen LogP contribution in [0.3, 0.4) is 0 Å². The van der Waals surface area contributed by atoms with Crippen LogP contribution in [-0.2, 0) is 4.79 Å². The molecule has 0 aliphatic rings. The molecule has 1 unspecified atom stereocenters. The maximum atomic E-state index is 11.9. The van der Waals surface area contributed by atoms with E-state index in [2.05, 4.69) is 11.2 Å². The summed E-state index contributed by atoms with van der Waals surface area (Å²) in [6.07, 6.45) is 8.24. The van der Waals surface area contributed by atoms with Gasteiger partial charge in [0.25, 0.3) is 0 Å². The van der Waals surface area contributed by atoms with Crippen LogP contribution in [0.4, 0.5) is 4.79 Å². The van der Waals surface area contributed by atoms with Gasteiger partial charge in [-0.3, -0.25) is 0 Å². The van der Waals surface area contributed by atoms with Gasteiger partial charge in [-0.25, -0.2) is 9.59 Å². The summed E-state index contributed by atoms with van der Waals surface area (Å²) in [7, 11) is 0. The van der Waals surface area contributed by atoms with Crippen molar-refractivity contribution in [2.75, 3.05) is 25.1 Å². The number of urea groups is 1. The van der Waals surface area contributed by atoms with Crippen molar-refractivity contribution in [1.82, 2.24) is 10.2 Å². The van der Waals surface area contributed by atoms with Gasteiger partial charge in [0.1, 0.15) is 6.04 Å². The lowest BCUT2D eigenvalue weighted by molar-refractivity contribution is -0.139. The smallest absolute Gasteiger partial charge is 0.326 e. The Kier molecular flexibility index (Phi) is 8.93. The lowest BCUT2D eigenvalue weighted by Crippen LogP contribution is -2.48. The van der Waals surface area contributed by atoms with Crippen molar-refractivity contribution >= 4 is 23.8 Å². The number of carboxylic acid groups (broad SMARTS) is 1. The van der Waals surface area contributed by atoms with E-state index in [4.69, 9.17) is 11.5 Å². The molecule has 18 heavy (non-hydrogen) atoms. The molecule has 0 saturated heterocycles. The van der Waals surface area contributed by atoms with Crippen LogP contribution in [0, 0.1) is 12.3 Å². The Morgan fingerprint density at radius 3 is 2.67 bits per heavy atom. The van der Waals surface area contributed by atoms with Crippen molar-refractivity contribution in [1.29, 1.82) is 0 Å². The second-order valence-corrected chi connectivity index (χ2v) is 4.73. The van der Waals surface area contributed by atoms with Crippen LogP contribution in [0.15, 0.2) is 0 Å². The first-order valence-electron chi connectivity index (χ1n) is 5.77. The second kappa shape index (κ2) is 9.66. The van der Waals surface area contributed by atoms with E-state index in [1.54, 1.807) is 11.8 Å². The molecule has 0 aromatic heterocycles. The maximum absolute atomic E-state index is 11.9. The average Bonchev–Trinajstić information content (AvgIpc) is 2.33. The molecule has 0 radical (unpaired) electrons. The van der Waals surface area contributed by atoms with E-state index in [1.165, 1.54) is 4.90 Å². The summed E-state index contributed by atoms with van der Waals surface area (Å²) < 4.78 is 0. The Labute approximate surface area is 112 Å². The predicted octanol–water partition coefficient (Wildman–Crippen LogP) is 1.25. The van der Waals surface area contributed by atoms with E-state index in [9.17, 15) is 9.59 Å². The van der Waals surface area contributed by atoms with Crippen LogP contribution < -0.4 is 5.32 Å². The van der Waals surface area contributed by atoms with Gasteiger partial charge in [0.15, 0.2) is 0 Å². The normalized spacial score (nSPS) is 11.4. The molecule has 0 aliphatic carbocycles. The molecule has 2 amide bonds. The first-order chi connectivity index (χ1) is 8.56. The van der Waals surface area contributed by atoms with E-state index < -0.39 is 18.0 Å². The monoisotopic (exact) mass is 272 g/mol. The van der Waals surface area contributed by atoms with Gasteiger partial charge >= 0.3 is 12.0 Å². The SMILES string of the molecule is C#CCN(CCC)C(=O)NC(CCSC)C(=O)O. The molecule has 0 heterocycles. The molecular formula is C12H20N2O3S. The van der Waals surface area contributed by atoms with Gasteiger partial charge in [0.05, 0.1) is 6.54 Å². The van der Waals surface area contributed by atoms with Crippen LogP contribution in [0.2, 0.25) is 0 Å². The van der Waals surface area contributed by atoms with E-state index in [-0.39, 0.29) is 6.54 Å². The molecule has 0 rings (SSSR count). The largest absolute Gasteiger partial charge is 0.480 e. The van der Waals surface area contributed by atoms with E-state index >= 15 is 0 Å². The minimum absolute atomic E-state index is 0.189. The number of amides is 2. The number of aliphatic carboxylic acids is 1. The number of rotatable bonds is 8. The zero-order chi connectivity index (χ0) is 14.0. The molecule has 0 aliphatic heterocycles. The first kappa shape index (κ1) is 16.6. The van der Waals surface area contributed by atoms with Crippen molar-refractivity contribution in [2.45, 2.75) is 25.8 Å². The Balaban J connectivity index is 4.45. The van der Waals surface area contributed by atoms with Crippen LogP contribution in [0.5, 0.6) is 0 Å². The Morgan fingerprint density at radius 1 is 1.56 bits per heavy atom. The quantitative estimate of drug-likeness (QED) is 0.652. The lowest BCUT2D eigenvalue weighted by Gasteiger charge is -2.22. The minimum Gasteiger partial charge on any atom is -0.480 e. The third-order valence-electron chi connectivity index (χ3n) is 2.27. The number of nitrogens with one attached hydrogen (secondary N) is 1. The highest BCUT2D eigenvalue weighted by Gasteiger charge is 2.21. The topological polar surface area (TPSA) is 69.6 Å². The lowest BCUT2D eigenvalue weighted by atomic mass is 10.2. The molecule has 0 aromatic carbocycles. The second-order valence-electron chi connectivity index (χ2n) is 3.75. The van der Waals surface area contributed by atoms with Gasteiger partial charge in [-0.05, 0) is 24.9 Å². The molecule has 102 valence electrons. The molecule has 0 saturated carbocycles. The van der Waals surface area contributed by atoms with Crippen molar-refractivity contribution in [3.8, 4) is 12.3 Å². The maximum Gasteiger partial charge on any atom is 0.326 e. The standard InChI is InChI=1S/C12H20N2O3S/c1-4-7-14(8-5-2)12(17)13-10(11(15)16)6-9-18-3/h1,10H,5-9H2,2-3H3,(H,13,17)(H,15,16). The molecule has 1 atom stereocenters. The van der Waals surface area contributed by atoms with Crippen molar-refractivity contribution in [3.63, 3.8) is 0 Å². The number of carbonyl (C=O) groups is 2. The molecule has 0 fully saturated rings. The zero-order valence-electron chi connectivity index (χ0n) is 10.8. The van der Waals surface area contributed by atoms with Crippen molar-refractivity contribution in [2.24, 2.45) is 0 Å². The van der Waals surface area contributed by atoms with E-state index in [1.807, 2.05) is 13.2 Å². The summed E-state index contributed by atoms with van der Waals surface area (Å²) in [5, 5.41) is 11.5. The summed E-state index contributed by atoms with van der Waals surface area (Å²) in [6.45, 7) is 2.64. The average molecular weight is 272 g/mol. The molecular weight excluding hydrogens is 252 g/mol. The summed E-state index contributed by atoms with van der Waals surface area (Å²) in [6, 6.07) is -1.27. The number of nitrogens with zero attached hydrogens (tertiary/aromatic N) is 1. The molecule has 5 nitrogen and oxygen atoms in total. The number of terminal acetylenes is 1.